The van der Waals surface area contributed by atoms with Crippen molar-refractivity contribution in [3.05, 3.63) is 34.4 Å². The van der Waals surface area contributed by atoms with Crippen LogP contribution in [0.2, 0.25) is 0 Å². The summed E-state index contributed by atoms with van der Waals surface area (Å²) in [6.07, 6.45) is 5.20. The molecule has 0 aliphatic heterocycles. The second-order valence-electron chi connectivity index (χ2n) is 4.39. The van der Waals surface area contributed by atoms with Crippen LogP contribution in [0, 0.1) is 11.3 Å². The van der Waals surface area contributed by atoms with Crippen LogP contribution in [0.4, 0.5) is 0 Å². The molecule has 0 aliphatic carbocycles. The van der Waals surface area contributed by atoms with Crippen LogP contribution in [0.5, 0.6) is 0 Å². The molecule has 17 heavy (non-hydrogen) atoms. The Morgan fingerprint density at radius 1 is 1.12 bits per heavy atom. The number of nitriles is 1. The molecule has 0 aliphatic rings. The maximum absolute atomic E-state index is 9.19. The van der Waals surface area contributed by atoms with Crippen LogP contribution in [-0.4, -0.2) is 6.54 Å². The molecule has 1 aromatic carbocycles. The van der Waals surface area contributed by atoms with E-state index in [4.69, 9.17) is 5.73 Å². The van der Waals surface area contributed by atoms with Crippen molar-refractivity contribution in [1.29, 1.82) is 5.26 Å². The Bertz CT molecular complexity index is 402. The van der Waals surface area contributed by atoms with E-state index in [1.54, 1.807) is 0 Å². The lowest BCUT2D eigenvalue weighted by atomic mass is 9.93. The molecular weight excluding hydrogens is 208 g/mol. The summed E-state index contributed by atoms with van der Waals surface area (Å²) in [5.74, 6) is 0. The molecule has 0 fully saturated rings. The fourth-order valence-electron chi connectivity index (χ4n) is 2.14. The Kier molecular flexibility index (Phi) is 5.72. The summed E-state index contributed by atoms with van der Waals surface area (Å²) in [7, 11) is 0. The van der Waals surface area contributed by atoms with E-state index in [1.165, 1.54) is 16.7 Å². The van der Waals surface area contributed by atoms with Crippen LogP contribution < -0.4 is 5.73 Å². The van der Waals surface area contributed by atoms with Gasteiger partial charge in [0.15, 0.2) is 0 Å². The lowest BCUT2D eigenvalue weighted by Gasteiger charge is -2.11. The number of nitrogens with zero attached hydrogens (tertiary/aromatic N) is 1. The average molecular weight is 230 g/mol. The van der Waals surface area contributed by atoms with Gasteiger partial charge in [0, 0.05) is 0 Å². The van der Waals surface area contributed by atoms with Gasteiger partial charge in [-0.25, -0.2) is 0 Å². The first-order chi connectivity index (χ1) is 8.26. The first-order valence-electron chi connectivity index (χ1n) is 6.51. The second kappa shape index (κ2) is 7.09. The third-order valence-corrected chi connectivity index (χ3v) is 3.14. The van der Waals surface area contributed by atoms with Gasteiger partial charge in [-0.1, -0.05) is 26.3 Å². The van der Waals surface area contributed by atoms with Crippen molar-refractivity contribution < 1.29 is 0 Å². The Hall–Kier alpha value is -1.33. The molecule has 92 valence electrons. The molecule has 2 heteroatoms. The minimum Gasteiger partial charge on any atom is -0.330 e. The summed E-state index contributed by atoms with van der Waals surface area (Å²) in [4.78, 5) is 0. The molecule has 0 saturated heterocycles. The molecule has 0 amide bonds. The average Bonchev–Trinajstić information content (AvgIpc) is 2.36. The van der Waals surface area contributed by atoms with Gasteiger partial charge in [-0.15, -0.1) is 0 Å². The Balaban J connectivity index is 3.09. The van der Waals surface area contributed by atoms with E-state index in [0.29, 0.717) is 6.54 Å². The van der Waals surface area contributed by atoms with Gasteiger partial charge >= 0.3 is 0 Å². The van der Waals surface area contributed by atoms with E-state index in [2.05, 4.69) is 26.0 Å². The fourth-order valence-corrected chi connectivity index (χ4v) is 2.14. The van der Waals surface area contributed by atoms with Crippen molar-refractivity contribution in [3.63, 3.8) is 0 Å². The zero-order valence-corrected chi connectivity index (χ0v) is 10.9. The SMILES string of the molecule is CCCCc1cc(CC)c(CCN)cc1C#N. The molecule has 2 nitrogen and oxygen atoms in total. The van der Waals surface area contributed by atoms with Gasteiger partial charge in [-0.3, -0.25) is 0 Å². The number of hydrogen-bond donors (Lipinski definition) is 1. The smallest absolute Gasteiger partial charge is 0.0994 e. The first-order valence-corrected chi connectivity index (χ1v) is 6.51. The van der Waals surface area contributed by atoms with Crippen LogP contribution >= 0.6 is 0 Å². The van der Waals surface area contributed by atoms with Gasteiger partial charge in [-0.2, -0.15) is 5.26 Å². The number of rotatable bonds is 6. The topological polar surface area (TPSA) is 49.8 Å². The fraction of sp³-hybridized carbons (Fsp3) is 0.533. The molecule has 1 rings (SSSR count). The van der Waals surface area contributed by atoms with Crippen molar-refractivity contribution >= 4 is 0 Å². The summed E-state index contributed by atoms with van der Waals surface area (Å²) >= 11 is 0. The summed E-state index contributed by atoms with van der Waals surface area (Å²) in [5, 5.41) is 9.19. The van der Waals surface area contributed by atoms with Gasteiger partial charge in [0.25, 0.3) is 0 Å². The predicted molar refractivity (Wildman–Crippen MR) is 71.9 cm³/mol. The normalized spacial score (nSPS) is 10.2. The van der Waals surface area contributed by atoms with Crippen LogP contribution in [0.25, 0.3) is 0 Å². The van der Waals surface area contributed by atoms with E-state index < -0.39 is 0 Å². The largest absolute Gasteiger partial charge is 0.330 e. The van der Waals surface area contributed by atoms with Crippen LogP contribution in [0.1, 0.15) is 48.9 Å². The second-order valence-corrected chi connectivity index (χ2v) is 4.39. The summed E-state index contributed by atoms with van der Waals surface area (Å²) < 4.78 is 0. The van der Waals surface area contributed by atoms with Crippen molar-refractivity contribution in [1.82, 2.24) is 0 Å². The number of benzene rings is 1. The number of unbranched alkanes of at least 4 members (excludes halogenated alkanes) is 1. The molecule has 0 saturated carbocycles. The number of nitrogens with two attached hydrogens (primary N) is 1. The molecular formula is C15H22N2. The maximum Gasteiger partial charge on any atom is 0.0994 e. The Labute approximate surface area is 104 Å². The third kappa shape index (κ3) is 3.57. The van der Waals surface area contributed by atoms with Crippen LogP contribution in [0.3, 0.4) is 0 Å². The molecule has 0 atom stereocenters. The summed E-state index contributed by atoms with van der Waals surface area (Å²) in [5.41, 5.74) is 10.2. The molecule has 0 spiro atoms. The summed E-state index contributed by atoms with van der Waals surface area (Å²) in [6, 6.07) is 6.56. The van der Waals surface area contributed by atoms with E-state index in [0.717, 1.165) is 37.7 Å². The number of hydrogen-bond acceptors (Lipinski definition) is 2. The van der Waals surface area contributed by atoms with E-state index >= 15 is 0 Å². The highest BCUT2D eigenvalue weighted by Crippen LogP contribution is 2.19. The molecule has 0 heterocycles. The van der Waals surface area contributed by atoms with Crippen molar-refractivity contribution in [2.45, 2.75) is 46.0 Å². The van der Waals surface area contributed by atoms with Gasteiger partial charge in [0.2, 0.25) is 0 Å². The van der Waals surface area contributed by atoms with Gasteiger partial charge in [0.05, 0.1) is 11.6 Å². The molecule has 0 aromatic heterocycles. The number of aryl methyl sites for hydroxylation is 2. The van der Waals surface area contributed by atoms with Gasteiger partial charge in [-0.05, 0) is 55.0 Å². The van der Waals surface area contributed by atoms with E-state index in [9.17, 15) is 5.26 Å². The zero-order chi connectivity index (χ0) is 12.7. The Morgan fingerprint density at radius 2 is 1.88 bits per heavy atom. The molecule has 0 radical (unpaired) electrons. The Morgan fingerprint density at radius 3 is 2.41 bits per heavy atom. The molecule has 2 N–H and O–H groups in total. The van der Waals surface area contributed by atoms with Crippen LogP contribution in [-0.2, 0) is 19.3 Å². The highest BCUT2D eigenvalue weighted by molar-refractivity contribution is 5.45. The summed E-state index contributed by atoms with van der Waals surface area (Å²) in [6.45, 7) is 4.98. The van der Waals surface area contributed by atoms with Crippen molar-refractivity contribution in [2.24, 2.45) is 5.73 Å². The standard InChI is InChI=1S/C15H22N2/c1-3-5-6-13-9-12(4-2)14(7-8-16)10-15(13)11-17/h9-10H,3-8,16H2,1-2H3. The first kappa shape index (κ1) is 13.7. The van der Waals surface area contributed by atoms with E-state index in [-0.39, 0.29) is 0 Å². The minimum atomic E-state index is 0.645. The van der Waals surface area contributed by atoms with Crippen molar-refractivity contribution in [3.8, 4) is 6.07 Å². The minimum absolute atomic E-state index is 0.645. The van der Waals surface area contributed by atoms with Crippen LogP contribution in [0.15, 0.2) is 12.1 Å². The maximum atomic E-state index is 9.19. The van der Waals surface area contributed by atoms with Gasteiger partial charge < -0.3 is 5.73 Å². The highest BCUT2D eigenvalue weighted by Gasteiger charge is 2.08. The molecule has 0 bridgehead atoms. The van der Waals surface area contributed by atoms with Crippen molar-refractivity contribution in [2.75, 3.05) is 6.54 Å². The quantitative estimate of drug-likeness (QED) is 0.816. The highest BCUT2D eigenvalue weighted by atomic mass is 14.5. The monoisotopic (exact) mass is 230 g/mol. The molecule has 1 aromatic rings. The molecule has 0 unspecified atom stereocenters. The van der Waals surface area contributed by atoms with Gasteiger partial charge in [0.1, 0.15) is 0 Å². The lowest BCUT2D eigenvalue weighted by molar-refractivity contribution is 0.790. The third-order valence-electron chi connectivity index (χ3n) is 3.14. The zero-order valence-electron chi connectivity index (χ0n) is 10.9. The predicted octanol–water partition coefficient (Wildman–Crippen LogP) is 2.96. The van der Waals surface area contributed by atoms with E-state index in [1.807, 2.05) is 6.07 Å². The lowest BCUT2D eigenvalue weighted by Crippen LogP contribution is -2.07.